The van der Waals surface area contributed by atoms with Gasteiger partial charge >= 0.3 is 0 Å². The number of carbonyl (C=O) groups is 2. The van der Waals surface area contributed by atoms with Crippen LogP contribution in [0, 0.1) is 5.92 Å². The number of likely N-dealkylation sites (tertiary alicyclic amines) is 1. The lowest BCUT2D eigenvalue weighted by atomic mass is 9.89. The van der Waals surface area contributed by atoms with Crippen molar-refractivity contribution >= 4 is 23.2 Å². The van der Waals surface area contributed by atoms with Crippen molar-refractivity contribution < 1.29 is 9.59 Å². The van der Waals surface area contributed by atoms with Crippen LogP contribution in [0.3, 0.4) is 0 Å². The summed E-state index contributed by atoms with van der Waals surface area (Å²) in [6.45, 7) is 1.86. The third-order valence-corrected chi connectivity index (χ3v) is 5.34. The maximum atomic E-state index is 12.4. The molecule has 1 aromatic carbocycles. The van der Waals surface area contributed by atoms with Gasteiger partial charge in [-0.1, -0.05) is 36.4 Å². The SMILES string of the molecule is NC[C@@H]1CN(C(=O)CNC(=O)c2cccs2)C[C@H]1c1ccccc1. The van der Waals surface area contributed by atoms with E-state index >= 15 is 0 Å². The standard InChI is InChI=1S/C18H21N3O2S/c19-9-14-11-21(12-15(14)13-5-2-1-3-6-13)17(22)10-20-18(23)16-7-4-8-24-16/h1-8,14-15H,9-12,19H2,(H,20,23)/t14-,15+/m1/s1. The minimum atomic E-state index is -0.201. The Kier molecular flexibility index (Phi) is 5.27. The summed E-state index contributed by atoms with van der Waals surface area (Å²) in [5.41, 5.74) is 7.12. The van der Waals surface area contributed by atoms with Crippen molar-refractivity contribution in [3.63, 3.8) is 0 Å². The summed E-state index contributed by atoms with van der Waals surface area (Å²) in [6.07, 6.45) is 0. The zero-order chi connectivity index (χ0) is 16.9. The molecule has 2 heterocycles. The summed E-state index contributed by atoms with van der Waals surface area (Å²) >= 11 is 1.36. The summed E-state index contributed by atoms with van der Waals surface area (Å²) in [5.74, 6) is 0.252. The van der Waals surface area contributed by atoms with Gasteiger partial charge in [-0.3, -0.25) is 9.59 Å². The number of nitrogens with two attached hydrogens (primary N) is 1. The van der Waals surface area contributed by atoms with Crippen LogP contribution in [-0.2, 0) is 4.79 Å². The van der Waals surface area contributed by atoms with Gasteiger partial charge in [0.1, 0.15) is 0 Å². The summed E-state index contributed by atoms with van der Waals surface area (Å²) in [5, 5.41) is 4.54. The topological polar surface area (TPSA) is 75.4 Å². The van der Waals surface area contributed by atoms with Crippen LogP contribution in [-0.4, -0.2) is 42.9 Å². The molecule has 2 aromatic rings. The summed E-state index contributed by atoms with van der Waals surface area (Å²) in [4.78, 5) is 26.8. The Bertz CT molecular complexity index is 688. The average Bonchev–Trinajstić information content (AvgIpc) is 3.29. The molecule has 1 saturated heterocycles. The predicted molar refractivity (Wildman–Crippen MR) is 95.0 cm³/mol. The largest absolute Gasteiger partial charge is 0.342 e. The fraction of sp³-hybridized carbons (Fsp3) is 0.333. The van der Waals surface area contributed by atoms with E-state index < -0.39 is 0 Å². The molecule has 2 amide bonds. The Morgan fingerprint density at radius 3 is 2.62 bits per heavy atom. The molecule has 1 aromatic heterocycles. The van der Waals surface area contributed by atoms with Gasteiger partial charge in [0.25, 0.3) is 5.91 Å². The van der Waals surface area contributed by atoms with Crippen molar-refractivity contribution in [1.82, 2.24) is 10.2 Å². The highest BCUT2D eigenvalue weighted by Gasteiger charge is 2.35. The van der Waals surface area contributed by atoms with E-state index in [4.69, 9.17) is 5.73 Å². The quantitative estimate of drug-likeness (QED) is 0.867. The van der Waals surface area contributed by atoms with E-state index in [9.17, 15) is 9.59 Å². The number of hydrogen-bond acceptors (Lipinski definition) is 4. The molecule has 1 aliphatic rings. The van der Waals surface area contributed by atoms with Crippen molar-refractivity contribution in [1.29, 1.82) is 0 Å². The van der Waals surface area contributed by atoms with Crippen molar-refractivity contribution in [2.45, 2.75) is 5.92 Å². The number of nitrogens with one attached hydrogen (secondary N) is 1. The molecule has 1 aliphatic heterocycles. The van der Waals surface area contributed by atoms with Gasteiger partial charge in [0.05, 0.1) is 11.4 Å². The third-order valence-electron chi connectivity index (χ3n) is 4.47. The minimum Gasteiger partial charge on any atom is -0.342 e. The molecule has 0 aliphatic carbocycles. The second kappa shape index (κ2) is 7.59. The van der Waals surface area contributed by atoms with Gasteiger partial charge in [-0.05, 0) is 29.5 Å². The number of thiophene rings is 1. The van der Waals surface area contributed by atoms with Gasteiger partial charge in [0.15, 0.2) is 0 Å². The molecule has 1 fully saturated rings. The summed E-state index contributed by atoms with van der Waals surface area (Å²) in [6, 6.07) is 13.7. The van der Waals surface area contributed by atoms with Crippen molar-refractivity contribution in [3.8, 4) is 0 Å². The van der Waals surface area contributed by atoms with Crippen LogP contribution in [0.1, 0.15) is 21.2 Å². The van der Waals surface area contributed by atoms with Gasteiger partial charge in [-0.25, -0.2) is 0 Å². The third kappa shape index (κ3) is 3.66. The van der Waals surface area contributed by atoms with E-state index in [1.807, 2.05) is 34.5 Å². The molecule has 0 unspecified atom stereocenters. The fourth-order valence-electron chi connectivity index (χ4n) is 3.15. The maximum absolute atomic E-state index is 12.4. The number of rotatable bonds is 5. The zero-order valence-electron chi connectivity index (χ0n) is 13.4. The number of nitrogens with zero attached hydrogens (tertiary/aromatic N) is 1. The Labute approximate surface area is 145 Å². The Morgan fingerprint density at radius 1 is 1.17 bits per heavy atom. The van der Waals surface area contributed by atoms with Crippen LogP contribution in [0.2, 0.25) is 0 Å². The molecule has 24 heavy (non-hydrogen) atoms. The molecule has 2 atom stereocenters. The summed E-state index contributed by atoms with van der Waals surface area (Å²) in [7, 11) is 0. The predicted octanol–water partition coefficient (Wildman–Crippen LogP) is 1.68. The van der Waals surface area contributed by atoms with E-state index in [0.717, 1.165) is 0 Å². The number of hydrogen-bond donors (Lipinski definition) is 2. The van der Waals surface area contributed by atoms with Crippen LogP contribution < -0.4 is 11.1 Å². The Hall–Kier alpha value is -2.18. The lowest BCUT2D eigenvalue weighted by Crippen LogP contribution is -2.39. The highest BCUT2D eigenvalue weighted by Crippen LogP contribution is 2.31. The first kappa shape index (κ1) is 16.7. The second-order valence-corrected chi connectivity index (χ2v) is 6.92. The normalized spacial score (nSPS) is 20.1. The molecular formula is C18H21N3O2S. The molecule has 3 rings (SSSR count). The van der Waals surface area contributed by atoms with E-state index in [2.05, 4.69) is 17.4 Å². The number of amides is 2. The molecule has 0 radical (unpaired) electrons. The molecule has 126 valence electrons. The number of benzene rings is 1. The molecule has 6 heteroatoms. The first-order valence-corrected chi connectivity index (χ1v) is 8.91. The van der Waals surface area contributed by atoms with Crippen LogP contribution >= 0.6 is 11.3 Å². The van der Waals surface area contributed by atoms with Crippen molar-refractivity contribution in [3.05, 3.63) is 58.3 Å². The maximum Gasteiger partial charge on any atom is 0.261 e. The minimum absolute atomic E-state index is 0.0233. The first-order chi connectivity index (χ1) is 11.7. The first-order valence-electron chi connectivity index (χ1n) is 8.03. The van der Waals surface area contributed by atoms with E-state index in [-0.39, 0.29) is 30.2 Å². The van der Waals surface area contributed by atoms with Crippen molar-refractivity contribution in [2.75, 3.05) is 26.2 Å². The van der Waals surface area contributed by atoms with Gasteiger partial charge in [0, 0.05) is 19.0 Å². The summed E-state index contributed by atoms with van der Waals surface area (Å²) < 4.78 is 0. The lowest BCUT2D eigenvalue weighted by molar-refractivity contribution is -0.129. The van der Waals surface area contributed by atoms with Crippen molar-refractivity contribution in [2.24, 2.45) is 11.7 Å². The monoisotopic (exact) mass is 343 g/mol. The highest BCUT2D eigenvalue weighted by atomic mass is 32.1. The molecule has 3 N–H and O–H groups in total. The molecular weight excluding hydrogens is 322 g/mol. The van der Waals surface area contributed by atoms with Gasteiger partial charge in [-0.2, -0.15) is 0 Å². The van der Waals surface area contributed by atoms with Gasteiger partial charge < -0.3 is 16.0 Å². The van der Waals surface area contributed by atoms with Crippen LogP contribution in [0.25, 0.3) is 0 Å². The molecule has 0 spiro atoms. The molecule has 0 bridgehead atoms. The van der Waals surface area contributed by atoms with Crippen LogP contribution in [0.5, 0.6) is 0 Å². The van der Waals surface area contributed by atoms with E-state index in [0.29, 0.717) is 24.5 Å². The second-order valence-electron chi connectivity index (χ2n) is 5.97. The van der Waals surface area contributed by atoms with Crippen LogP contribution in [0.15, 0.2) is 47.8 Å². The zero-order valence-corrected chi connectivity index (χ0v) is 14.2. The van der Waals surface area contributed by atoms with Gasteiger partial charge in [0.2, 0.25) is 5.91 Å². The molecule has 5 nitrogen and oxygen atoms in total. The van der Waals surface area contributed by atoms with Gasteiger partial charge in [-0.15, -0.1) is 11.3 Å². The van der Waals surface area contributed by atoms with E-state index in [1.165, 1.54) is 16.9 Å². The van der Waals surface area contributed by atoms with E-state index in [1.54, 1.807) is 6.07 Å². The number of carbonyl (C=O) groups excluding carboxylic acids is 2. The Balaban J connectivity index is 1.59. The average molecular weight is 343 g/mol. The smallest absolute Gasteiger partial charge is 0.261 e. The highest BCUT2D eigenvalue weighted by molar-refractivity contribution is 7.12. The fourth-order valence-corrected chi connectivity index (χ4v) is 3.79. The van der Waals surface area contributed by atoms with Crippen LogP contribution in [0.4, 0.5) is 0 Å². The molecule has 0 saturated carbocycles. The lowest BCUT2D eigenvalue weighted by Gasteiger charge is -2.17. The Morgan fingerprint density at radius 2 is 1.96 bits per heavy atom.